The predicted octanol–water partition coefficient (Wildman–Crippen LogP) is 6.31. The molecule has 0 fully saturated rings. The van der Waals surface area contributed by atoms with Crippen LogP contribution < -0.4 is 5.32 Å². The number of carbonyl (C=O) groups is 2. The van der Waals surface area contributed by atoms with E-state index >= 15 is 0 Å². The average Bonchev–Trinajstić information content (AvgIpc) is 2.91. The Labute approximate surface area is 235 Å². The first kappa shape index (κ1) is 37.2. The zero-order chi connectivity index (χ0) is 29.0. The Balaban J connectivity index is 3.73. The van der Waals surface area contributed by atoms with Gasteiger partial charge in [-0.3, -0.25) is 18.6 Å². The molecule has 0 aromatic heterocycles. The molecule has 0 saturated heterocycles. The third-order valence-corrected chi connectivity index (χ3v) is 6.57. The Kier molecular flexibility index (Phi) is 25.3. The van der Waals surface area contributed by atoms with Crippen molar-refractivity contribution in [2.24, 2.45) is 0 Å². The molecule has 39 heavy (non-hydrogen) atoms. The first-order chi connectivity index (χ1) is 18.8. The van der Waals surface area contributed by atoms with Crippen molar-refractivity contribution >= 4 is 19.7 Å². The monoisotopic (exact) mass is 573 g/mol. The molecular formula is C29H52NO8P. The molecule has 0 aliphatic heterocycles. The maximum absolute atomic E-state index is 11.9. The molecule has 9 nitrogen and oxygen atoms in total. The number of nitrogens with one attached hydrogen (secondary N) is 1. The van der Waals surface area contributed by atoms with Gasteiger partial charge in [-0.25, -0.2) is 4.57 Å². The predicted molar refractivity (Wildman–Crippen MR) is 155 cm³/mol. The molecule has 0 bridgehead atoms. The zero-order valence-electron chi connectivity index (χ0n) is 24.1. The molecule has 226 valence electrons. The van der Waals surface area contributed by atoms with Gasteiger partial charge in [0.15, 0.2) is 0 Å². The number of unbranched alkanes of at least 4 members (excludes halogenated alkanes) is 7. The number of phosphoric acid groups is 1. The van der Waals surface area contributed by atoms with Gasteiger partial charge < -0.3 is 20.1 Å². The minimum atomic E-state index is -4.40. The van der Waals surface area contributed by atoms with Gasteiger partial charge in [-0.05, 0) is 44.9 Å². The lowest BCUT2D eigenvalue weighted by atomic mass is 10.1. The number of ether oxygens (including phenoxy) is 1. The van der Waals surface area contributed by atoms with Crippen molar-refractivity contribution in [2.75, 3.05) is 26.4 Å². The van der Waals surface area contributed by atoms with Gasteiger partial charge in [-0.15, -0.1) is 0 Å². The Bertz CT molecular complexity index is 754. The second-order valence-corrected chi connectivity index (χ2v) is 10.8. The van der Waals surface area contributed by atoms with Crippen LogP contribution in [-0.4, -0.2) is 54.3 Å². The highest BCUT2D eigenvalue weighted by Crippen LogP contribution is 2.42. The highest BCUT2D eigenvalue weighted by atomic mass is 31.2. The van der Waals surface area contributed by atoms with Crippen LogP contribution in [0.2, 0.25) is 0 Å². The van der Waals surface area contributed by atoms with Crippen molar-refractivity contribution in [1.29, 1.82) is 0 Å². The maximum Gasteiger partial charge on any atom is 0.472 e. The number of hydrogen-bond donors (Lipinski definition) is 3. The number of rotatable bonds is 26. The van der Waals surface area contributed by atoms with Crippen LogP contribution in [-0.2, 0) is 27.9 Å². The molecule has 1 amide bonds. The standard InChI is InChI=1S/C29H52NO8P/c1-3-5-7-9-10-11-12-13-14-15-16-18-19-21-28(32)30-23-24-37-39(34,35)38-26-27(31)25-36-29(33)22-20-17-8-6-4-2/h5,7,10-11,13-14,27,31H,3-4,6,8-9,12,15-26H2,1-2H3,(H,30,32)(H,34,35)/b7-5-,11-10-,14-13-. The summed E-state index contributed by atoms with van der Waals surface area (Å²) < 4.78 is 26.4. The fourth-order valence-electron chi connectivity index (χ4n) is 3.39. The topological polar surface area (TPSA) is 131 Å². The number of aliphatic hydroxyl groups is 1. The van der Waals surface area contributed by atoms with Gasteiger partial charge in [0.1, 0.15) is 12.7 Å². The molecule has 0 aromatic carbocycles. The van der Waals surface area contributed by atoms with Crippen LogP contribution in [0.3, 0.4) is 0 Å². The minimum absolute atomic E-state index is 0.0651. The summed E-state index contributed by atoms with van der Waals surface area (Å²) in [5.74, 6) is -0.566. The molecule has 0 aliphatic rings. The van der Waals surface area contributed by atoms with Gasteiger partial charge in [-0.2, -0.15) is 0 Å². The van der Waals surface area contributed by atoms with Crippen molar-refractivity contribution in [3.8, 4) is 0 Å². The molecule has 2 atom stereocenters. The Morgan fingerprint density at radius 3 is 2.18 bits per heavy atom. The van der Waals surface area contributed by atoms with Crippen LogP contribution in [0.15, 0.2) is 36.5 Å². The molecule has 0 radical (unpaired) electrons. The highest BCUT2D eigenvalue weighted by molar-refractivity contribution is 7.47. The molecule has 0 aromatic rings. The molecule has 2 unspecified atom stereocenters. The Hall–Kier alpha value is -1.77. The molecule has 10 heteroatoms. The number of esters is 1. The lowest BCUT2D eigenvalue weighted by Gasteiger charge is -2.15. The number of carbonyl (C=O) groups excluding carboxylic acids is 2. The number of amides is 1. The van der Waals surface area contributed by atoms with Crippen molar-refractivity contribution in [2.45, 2.75) is 110 Å². The van der Waals surface area contributed by atoms with Gasteiger partial charge in [0.05, 0.1) is 13.2 Å². The second kappa shape index (κ2) is 26.5. The third kappa shape index (κ3) is 27.6. The van der Waals surface area contributed by atoms with E-state index in [0.717, 1.165) is 77.0 Å². The Morgan fingerprint density at radius 1 is 0.821 bits per heavy atom. The molecule has 0 heterocycles. The van der Waals surface area contributed by atoms with E-state index in [1.807, 2.05) is 0 Å². The Morgan fingerprint density at radius 2 is 1.46 bits per heavy atom. The summed E-state index contributed by atoms with van der Waals surface area (Å²) in [4.78, 5) is 33.2. The highest BCUT2D eigenvalue weighted by Gasteiger charge is 2.23. The normalized spacial score (nSPS) is 14.3. The first-order valence-corrected chi connectivity index (χ1v) is 16.0. The molecule has 0 rings (SSSR count). The van der Waals surface area contributed by atoms with Crippen LogP contribution in [0, 0.1) is 0 Å². The fraction of sp³-hybridized carbons (Fsp3) is 0.724. The van der Waals surface area contributed by atoms with Crippen LogP contribution in [0.4, 0.5) is 0 Å². The number of hydrogen-bond acceptors (Lipinski definition) is 7. The van der Waals surface area contributed by atoms with E-state index in [1.54, 1.807) is 0 Å². The van der Waals surface area contributed by atoms with Gasteiger partial charge >= 0.3 is 13.8 Å². The van der Waals surface area contributed by atoms with Crippen molar-refractivity contribution in [3.63, 3.8) is 0 Å². The molecule has 0 saturated carbocycles. The lowest BCUT2D eigenvalue weighted by Crippen LogP contribution is -2.27. The summed E-state index contributed by atoms with van der Waals surface area (Å²) in [5, 5.41) is 12.4. The maximum atomic E-state index is 11.9. The van der Waals surface area contributed by atoms with Crippen LogP contribution in [0.1, 0.15) is 104 Å². The van der Waals surface area contributed by atoms with E-state index in [2.05, 4.69) is 55.6 Å². The fourth-order valence-corrected chi connectivity index (χ4v) is 4.15. The van der Waals surface area contributed by atoms with Crippen LogP contribution >= 0.6 is 7.82 Å². The van der Waals surface area contributed by atoms with Gasteiger partial charge in [-0.1, -0.05) is 82.4 Å². The van der Waals surface area contributed by atoms with Crippen LogP contribution in [0.5, 0.6) is 0 Å². The quantitative estimate of drug-likeness (QED) is 0.0475. The van der Waals surface area contributed by atoms with E-state index in [4.69, 9.17) is 13.8 Å². The summed E-state index contributed by atoms with van der Waals surface area (Å²) in [6.45, 7) is 3.24. The van der Waals surface area contributed by atoms with E-state index in [1.165, 1.54) is 0 Å². The first-order valence-electron chi connectivity index (χ1n) is 14.5. The van der Waals surface area contributed by atoms with E-state index < -0.39 is 26.5 Å². The van der Waals surface area contributed by atoms with E-state index in [0.29, 0.717) is 6.42 Å². The number of phosphoric ester groups is 1. The van der Waals surface area contributed by atoms with E-state index in [-0.39, 0.29) is 32.1 Å². The number of allylic oxidation sites excluding steroid dienone is 6. The van der Waals surface area contributed by atoms with Gasteiger partial charge in [0, 0.05) is 19.4 Å². The summed E-state index contributed by atoms with van der Waals surface area (Å²) >= 11 is 0. The second-order valence-electron chi connectivity index (χ2n) is 9.34. The number of aliphatic hydroxyl groups excluding tert-OH is 1. The van der Waals surface area contributed by atoms with Crippen molar-refractivity contribution in [1.82, 2.24) is 5.32 Å². The van der Waals surface area contributed by atoms with Crippen molar-refractivity contribution < 1.29 is 37.9 Å². The molecular weight excluding hydrogens is 521 g/mol. The van der Waals surface area contributed by atoms with Gasteiger partial charge in [0.2, 0.25) is 5.91 Å². The zero-order valence-corrected chi connectivity index (χ0v) is 25.0. The van der Waals surface area contributed by atoms with Gasteiger partial charge in [0.25, 0.3) is 0 Å². The van der Waals surface area contributed by atoms with E-state index in [9.17, 15) is 24.2 Å². The average molecular weight is 574 g/mol. The smallest absolute Gasteiger partial charge is 0.463 e. The van der Waals surface area contributed by atoms with Crippen molar-refractivity contribution in [3.05, 3.63) is 36.5 Å². The largest absolute Gasteiger partial charge is 0.472 e. The minimum Gasteiger partial charge on any atom is -0.463 e. The third-order valence-electron chi connectivity index (χ3n) is 5.58. The lowest BCUT2D eigenvalue weighted by molar-refractivity contribution is -0.147. The molecule has 0 spiro atoms. The SMILES string of the molecule is CC/C=C\C/C=C\C/C=C\CCCCCC(=O)NCCOP(=O)(O)OCC(O)COC(=O)CCCCCCC. The summed E-state index contributed by atoms with van der Waals surface area (Å²) in [6, 6.07) is 0. The molecule has 0 aliphatic carbocycles. The molecule has 3 N–H and O–H groups in total. The summed E-state index contributed by atoms with van der Waals surface area (Å²) in [6.07, 6.45) is 24.1. The summed E-state index contributed by atoms with van der Waals surface area (Å²) in [7, 11) is -4.40. The van der Waals surface area contributed by atoms with Crippen LogP contribution in [0.25, 0.3) is 0 Å². The summed E-state index contributed by atoms with van der Waals surface area (Å²) in [5.41, 5.74) is 0.